The van der Waals surface area contributed by atoms with Crippen molar-refractivity contribution < 1.29 is 46.1 Å². The molecular weight excluding hydrogens is 555 g/mol. The van der Waals surface area contributed by atoms with Gasteiger partial charge in [-0.3, -0.25) is 20.4 Å². The van der Waals surface area contributed by atoms with Crippen molar-refractivity contribution in [1.29, 1.82) is 0 Å². The van der Waals surface area contributed by atoms with Crippen molar-refractivity contribution in [3.8, 4) is 11.5 Å². The number of anilines is 2. The van der Waals surface area contributed by atoms with Gasteiger partial charge in [-0.05, 0) is 48.5 Å². The van der Waals surface area contributed by atoms with Crippen molar-refractivity contribution in [3.63, 3.8) is 0 Å². The number of carbonyl (C=O) groups excluding carboxylic acids is 2. The third kappa shape index (κ3) is 6.49. The number of amides is 2. The van der Waals surface area contributed by atoms with Gasteiger partial charge >= 0.3 is 12.4 Å². The SMILES string of the molecule is O=C(NNc1cc(Cl)c(Cl)cc1NC(=O)c1cc(C(F)(F)F)ccc1O)c1cc(C(F)(F)F)ccc1O. The van der Waals surface area contributed by atoms with Gasteiger partial charge in [-0.2, -0.15) is 26.3 Å². The Hall–Kier alpha value is -3.84. The minimum absolute atomic E-state index is 0.111. The number of carbonyl (C=O) groups is 2. The summed E-state index contributed by atoms with van der Waals surface area (Å²) in [5, 5.41) is 21.6. The Morgan fingerprint density at radius 2 is 1.11 bits per heavy atom. The first-order valence-corrected chi connectivity index (χ1v) is 10.5. The Morgan fingerprint density at radius 1 is 0.676 bits per heavy atom. The lowest BCUT2D eigenvalue weighted by molar-refractivity contribution is -0.138. The van der Waals surface area contributed by atoms with E-state index in [1.165, 1.54) is 0 Å². The number of hydrazine groups is 1. The summed E-state index contributed by atoms with van der Waals surface area (Å²) in [5.41, 5.74) is -0.0731. The Balaban J connectivity index is 1.88. The summed E-state index contributed by atoms with van der Waals surface area (Å²) < 4.78 is 77.9. The van der Waals surface area contributed by atoms with Crippen molar-refractivity contribution >= 4 is 46.4 Å². The number of hydrogen-bond acceptors (Lipinski definition) is 5. The molecule has 0 heterocycles. The molecule has 37 heavy (non-hydrogen) atoms. The van der Waals surface area contributed by atoms with Gasteiger partial charge in [0.2, 0.25) is 0 Å². The molecule has 0 spiro atoms. The number of phenolic OH excluding ortho intramolecular Hbond substituents is 2. The van der Waals surface area contributed by atoms with Crippen molar-refractivity contribution in [2.24, 2.45) is 0 Å². The second kappa shape index (κ2) is 10.3. The monoisotopic (exact) mass is 567 g/mol. The van der Waals surface area contributed by atoms with Crippen LogP contribution in [0.3, 0.4) is 0 Å². The first kappa shape index (κ1) is 27.7. The third-order valence-corrected chi connectivity index (χ3v) is 5.48. The molecule has 0 fully saturated rings. The van der Waals surface area contributed by atoms with Crippen molar-refractivity contribution in [2.75, 3.05) is 10.7 Å². The second-order valence-corrected chi connectivity index (χ2v) is 8.12. The number of alkyl halides is 6. The molecule has 0 bridgehead atoms. The molecule has 0 aliphatic carbocycles. The Morgan fingerprint density at radius 3 is 1.57 bits per heavy atom. The van der Waals surface area contributed by atoms with E-state index in [1.54, 1.807) is 0 Å². The topological polar surface area (TPSA) is 111 Å². The average Bonchev–Trinajstić information content (AvgIpc) is 2.79. The zero-order valence-electron chi connectivity index (χ0n) is 17.9. The molecule has 0 atom stereocenters. The fourth-order valence-corrected chi connectivity index (χ4v) is 3.25. The minimum Gasteiger partial charge on any atom is -0.507 e. The maximum Gasteiger partial charge on any atom is 0.416 e. The number of aromatic hydroxyl groups is 2. The molecule has 0 radical (unpaired) electrons. The highest BCUT2D eigenvalue weighted by Gasteiger charge is 2.33. The predicted octanol–water partition coefficient (Wildman–Crippen LogP) is 6.45. The fraction of sp³-hybridized carbons (Fsp3) is 0.0909. The standard InChI is InChI=1S/C22H13Cl2F6N3O4/c23-13-7-15(31-19(36)11-5-9(21(25,26)27)1-3-17(11)34)16(8-14(13)24)32-33-20(37)12-6-10(22(28,29)30)2-4-18(12)35/h1-8,32,34-35H,(H,31,36)(H,33,37). The summed E-state index contributed by atoms with van der Waals surface area (Å²) in [6, 6.07) is 5.43. The summed E-state index contributed by atoms with van der Waals surface area (Å²) in [4.78, 5) is 25.0. The highest BCUT2D eigenvalue weighted by atomic mass is 35.5. The predicted molar refractivity (Wildman–Crippen MR) is 122 cm³/mol. The number of phenols is 2. The largest absolute Gasteiger partial charge is 0.507 e. The van der Waals surface area contributed by atoms with Crippen LogP contribution in [0.15, 0.2) is 48.5 Å². The second-order valence-electron chi connectivity index (χ2n) is 7.30. The molecule has 3 aromatic rings. The molecule has 15 heteroatoms. The summed E-state index contributed by atoms with van der Waals surface area (Å²) in [6.07, 6.45) is -9.61. The highest BCUT2D eigenvalue weighted by molar-refractivity contribution is 6.42. The van der Waals surface area contributed by atoms with Crippen LogP contribution >= 0.6 is 23.2 Å². The van der Waals surface area contributed by atoms with Crippen LogP contribution in [0.4, 0.5) is 37.7 Å². The summed E-state index contributed by atoms with van der Waals surface area (Å²) in [5.74, 6) is -3.96. The molecule has 0 saturated carbocycles. The number of nitrogens with one attached hydrogen (secondary N) is 3. The first-order chi connectivity index (χ1) is 17.1. The minimum atomic E-state index is -4.81. The maximum atomic E-state index is 13.0. The Kier molecular flexibility index (Phi) is 7.70. The molecule has 7 nitrogen and oxygen atoms in total. The van der Waals surface area contributed by atoms with E-state index in [1.807, 2.05) is 5.43 Å². The quantitative estimate of drug-likeness (QED) is 0.180. The van der Waals surface area contributed by atoms with E-state index in [-0.39, 0.29) is 21.4 Å². The number of halogens is 8. The Bertz CT molecular complexity index is 1380. The van der Waals surface area contributed by atoms with Gasteiger partial charge in [0.25, 0.3) is 11.8 Å². The molecule has 196 valence electrons. The molecule has 5 N–H and O–H groups in total. The van der Waals surface area contributed by atoms with Gasteiger partial charge < -0.3 is 15.5 Å². The van der Waals surface area contributed by atoms with Gasteiger partial charge in [-0.15, -0.1) is 0 Å². The molecular formula is C22H13Cl2F6N3O4. The van der Waals surface area contributed by atoms with E-state index in [2.05, 4.69) is 10.7 Å². The van der Waals surface area contributed by atoms with Crippen LogP contribution < -0.4 is 16.2 Å². The number of rotatable bonds is 5. The smallest absolute Gasteiger partial charge is 0.416 e. The van der Waals surface area contributed by atoms with E-state index in [0.29, 0.717) is 36.4 Å². The summed E-state index contributed by atoms with van der Waals surface area (Å²) in [7, 11) is 0. The number of hydrogen-bond donors (Lipinski definition) is 5. The molecule has 3 rings (SSSR count). The van der Waals surface area contributed by atoms with Crippen molar-refractivity contribution in [1.82, 2.24) is 5.43 Å². The van der Waals surface area contributed by atoms with E-state index in [9.17, 15) is 46.1 Å². The highest BCUT2D eigenvalue weighted by Crippen LogP contribution is 2.36. The van der Waals surface area contributed by atoms with Crippen molar-refractivity contribution in [2.45, 2.75) is 12.4 Å². The average molecular weight is 568 g/mol. The van der Waals surface area contributed by atoms with Crippen molar-refractivity contribution in [3.05, 3.63) is 80.8 Å². The molecule has 2 amide bonds. The van der Waals surface area contributed by atoms with Gasteiger partial charge in [-0.25, -0.2) is 0 Å². The van der Waals surface area contributed by atoms with Gasteiger partial charge in [0.1, 0.15) is 11.5 Å². The van der Waals surface area contributed by atoms with Crippen LogP contribution in [0.1, 0.15) is 31.8 Å². The fourth-order valence-electron chi connectivity index (χ4n) is 2.92. The normalized spacial score (nSPS) is 11.7. The maximum absolute atomic E-state index is 13.0. The summed E-state index contributed by atoms with van der Waals surface area (Å²) in [6.45, 7) is 0. The van der Waals surface area contributed by atoms with E-state index < -0.39 is 57.9 Å². The molecule has 0 saturated heterocycles. The zero-order chi connectivity index (χ0) is 27.7. The molecule has 0 unspecified atom stereocenters. The van der Waals surface area contributed by atoms with Crippen LogP contribution in [0, 0.1) is 0 Å². The molecule has 0 aromatic heterocycles. The van der Waals surface area contributed by atoms with Gasteiger partial charge in [0.05, 0.1) is 43.7 Å². The van der Waals surface area contributed by atoms with Crippen LogP contribution in [0.25, 0.3) is 0 Å². The zero-order valence-corrected chi connectivity index (χ0v) is 19.4. The first-order valence-electron chi connectivity index (χ1n) is 9.75. The Labute approximate surface area is 213 Å². The molecule has 0 aliphatic rings. The molecule has 3 aromatic carbocycles. The van der Waals surface area contributed by atoms with E-state index >= 15 is 0 Å². The lowest BCUT2D eigenvalue weighted by atomic mass is 10.1. The third-order valence-electron chi connectivity index (χ3n) is 4.76. The molecule has 0 aliphatic heterocycles. The summed E-state index contributed by atoms with van der Waals surface area (Å²) >= 11 is 11.9. The van der Waals surface area contributed by atoms with Crippen LogP contribution in [0.2, 0.25) is 10.0 Å². The van der Waals surface area contributed by atoms with E-state index in [0.717, 1.165) is 12.1 Å². The lowest BCUT2D eigenvalue weighted by Crippen LogP contribution is -2.30. The van der Waals surface area contributed by atoms with Gasteiger partial charge in [0.15, 0.2) is 0 Å². The number of benzene rings is 3. The van der Waals surface area contributed by atoms with E-state index in [4.69, 9.17) is 23.2 Å². The van der Waals surface area contributed by atoms with Crippen LogP contribution in [-0.4, -0.2) is 22.0 Å². The van der Waals surface area contributed by atoms with Crippen LogP contribution in [0.5, 0.6) is 11.5 Å². The van der Waals surface area contributed by atoms with Crippen LogP contribution in [-0.2, 0) is 12.4 Å². The van der Waals surface area contributed by atoms with Gasteiger partial charge in [-0.1, -0.05) is 23.2 Å². The van der Waals surface area contributed by atoms with Gasteiger partial charge in [0, 0.05) is 0 Å². The lowest BCUT2D eigenvalue weighted by Gasteiger charge is -2.17.